The Morgan fingerprint density at radius 1 is 1.24 bits per heavy atom. The van der Waals surface area contributed by atoms with Gasteiger partial charge in [0.2, 0.25) is 5.91 Å². The minimum absolute atomic E-state index is 0.0259. The second-order valence-electron chi connectivity index (χ2n) is 5.12. The highest BCUT2D eigenvalue weighted by Crippen LogP contribution is 2.30. The number of hydrogen-bond donors (Lipinski definition) is 1. The van der Waals surface area contributed by atoms with Crippen molar-refractivity contribution in [2.75, 3.05) is 17.3 Å². The van der Waals surface area contributed by atoms with Gasteiger partial charge in [0.1, 0.15) is 11.4 Å². The number of ketones is 1. The zero-order chi connectivity index (χ0) is 17.8. The maximum atomic E-state index is 12.5. The second kappa shape index (κ2) is 7.99. The van der Waals surface area contributed by atoms with Gasteiger partial charge in [0.15, 0.2) is 5.78 Å². The normalized spacial score (nSPS) is 10.8. The SMILES string of the molecule is CSc1cc(C(=O)CSc2ncnc3ccsc23)ccc1NC(C)=O. The first-order chi connectivity index (χ1) is 12.1. The third-order valence-corrected chi connectivity index (χ3v) is 6.19. The van der Waals surface area contributed by atoms with Gasteiger partial charge in [0.25, 0.3) is 0 Å². The summed E-state index contributed by atoms with van der Waals surface area (Å²) in [6.45, 7) is 1.47. The van der Waals surface area contributed by atoms with Gasteiger partial charge in [0, 0.05) is 17.4 Å². The van der Waals surface area contributed by atoms with Gasteiger partial charge >= 0.3 is 0 Å². The van der Waals surface area contributed by atoms with E-state index in [9.17, 15) is 9.59 Å². The summed E-state index contributed by atoms with van der Waals surface area (Å²) in [5.41, 5.74) is 2.25. The molecule has 25 heavy (non-hydrogen) atoms. The molecule has 5 nitrogen and oxygen atoms in total. The number of anilines is 1. The largest absolute Gasteiger partial charge is 0.325 e. The molecular formula is C17H15N3O2S3. The number of carbonyl (C=O) groups excluding carboxylic acids is 2. The van der Waals surface area contributed by atoms with Gasteiger partial charge in [-0.05, 0) is 35.9 Å². The highest BCUT2D eigenvalue weighted by atomic mass is 32.2. The number of benzene rings is 1. The number of rotatable bonds is 6. The number of hydrogen-bond acceptors (Lipinski definition) is 7. The molecule has 2 aromatic heterocycles. The molecule has 1 amide bonds. The molecule has 0 atom stereocenters. The minimum Gasteiger partial charge on any atom is -0.325 e. The molecule has 0 radical (unpaired) electrons. The minimum atomic E-state index is -0.131. The van der Waals surface area contributed by atoms with Crippen LogP contribution in [-0.4, -0.2) is 33.7 Å². The van der Waals surface area contributed by atoms with Crippen LogP contribution in [0.25, 0.3) is 10.2 Å². The van der Waals surface area contributed by atoms with Gasteiger partial charge in [-0.15, -0.1) is 23.1 Å². The molecule has 1 aromatic carbocycles. The highest BCUT2D eigenvalue weighted by Gasteiger charge is 2.13. The van der Waals surface area contributed by atoms with E-state index in [0.717, 1.165) is 25.8 Å². The van der Waals surface area contributed by atoms with E-state index in [1.807, 2.05) is 23.8 Å². The van der Waals surface area contributed by atoms with Gasteiger partial charge in [-0.2, -0.15) is 0 Å². The lowest BCUT2D eigenvalue weighted by Crippen LogP contribution is -2.08. The van der Waals surface area contributed by atoms with E-state index >= 15 is 0 Å². The van der Waals surface area contributed by atoms with Gasteiger partial charge in [-0.25, -0.2) is 9.97 Å². The fraction of sp³-hybridized carbons (Fsp3) is 0.176. The summed E-state index contributed by atoms with van der Waals surface area (Å²) in [6.07, 6.45) is 3.44. The van der Waals surface area contributed by atoms with Crippen LogP contribution in [0.5, 0.6) is 0 Å². The quantitative estimate of drug-likeness (QED) is 0.384. The Hall–Kier alpha value is -1.90. The first-order valence-corrected chi connectivity index (χ1v) is 10.5. The Morgan fingerprint density at radius 2 is 2.08 bits per heavy atom. The van der Waals surface area contributed by atoms with Crippen LogP contribution in [0.3, 0.4) is 0 Å². The van der Waals surface area contributed by atoms with Crippen molar-refractivity contribution in [2.45, 2.75) is 16.8 Å². The number of thiophene rings is 1. The summed E-state index contributed by atoms with van der Waals surface area (Å²) in [5.74, 6) is 0.198. The summed E-state index contributed by atoms with van der Waals surface area (Å²) in [7, 11) is 0. The fourth-order valence-electron chi connectivity index (χ4n) is 2.24. The number of nitrogens with one attached hydrogen (secondary N) is 1. The van der Waals surface area contributed by atoms with Crippen LogP contribution in [0.2, 0.25) is 0 Å². The summed E-state index contributed by atoms with van der Waals surface area (Å²) >= 11 is 4.49. The van der Waals surface area contributed by atoms with E-state index in [0.29, 0.717) is 11.3 Å². The number of Topliss-reactive ketones (excluding diaryl/α,β-unsaturated/α-hetero) is 1. The second-order valence-corrected chi connectivity index (χ2v) is 7.85. The Morgan fingerprint density at radius 3 is 2.84 bits per heavy atom. The number of carbonyl (C=O) groups is 2. The molecule has 0 saturated heterocycles. The van der Waals surface area contributed by atoms with E-state index < -0.39 is 0 Å². The Kier molecular flexibility index (Phi) is 5.72. The first-order valence-electron chi connectivity index (χ1n) is 7.38. The Balaban J connectivity index is 1.75. The van der Waals surface area contributed by atoms with Crippen LogP contribution >= 0.6 is 34.9 Å². The molecule has 8 heteroatoms. The van der Waals surface area contributed by atoms with E-state index in [2.05, 4.69) is 15.3 Å². The smallest absolute Gasteiger partial charge is 0.221 e. The molecule has 0 aliphatic rings. The van der Waals surface area contributed by atoms with Crippen LogP contribution in [0, 0.1) is 0 Å². The lowest BCUT2D eigenvalue weighted by atomic mass is 10.1. The maximum absolute atomic E-state index is 12.5. The van der Waals surface area contributed by atoms with Crippen LogP contribution in [-0.2, 0) is 4.79 Å². The molecule has 1 N–H and O–H groups in total. The maximum Gasteiger partial charge on any atom is 0.221 e. The fourth-order valence-corrected chi connectivity index (χ4v) is 4.67. The third-order valence-electron chi connectivity index (χ3n) is 3.38. The van der Waals surface area contributed by atoms with Gasteiger partial charge in [-0.3, -0.25) is 9.59 Å². The lowest BCUT2D eigenvalue weighted by Gasteiger charge is -2.10. The molecule has 0 aliphatic carbocycles. The van der Waals surface area contributed by atoms with Crippen LogP contribution in [0.15, 0.2) is 45.9 Å². The monoisotopic (exact) mass is 389 g/mol. The zero-order valence-corrected chi connectivity index (χ0v) is 16.1. The van der Waals surface area contributed by atoms with Gasteiger partial charge in [0.05, 0.1) is 21.7 Å². The number of aromatic nitrogens is 2. The van der Waals surface area contributed by atoms with Crippen LogP contribution < -0.4 is 5.32 Å². The lowest BCUT2D eigenvalue weighted by molar-refractivity contribution is -0.114. The molecule has 2 heterocycles. The molecule has 0 unspecified atom stereocenters. The van der Waals surface area contributed by atoms with E-state index in [4.69, 9.17) is 0 Å². The van der Waals surface area contributed by atoms with Crippen molar-refractivity contribution in [3.63, 3.8) is 0 Å². The Bertz CT molecular complexity index is 940. The summed E-state index contributed by atoms with van der Waals surface area (Å²) in [6, 6.07) is 7.28. The molecule has 0 spiro atoms. The average Bonchev–Trinajstić information content (AvgIpc) is 3.08. The molecule has 3 aromatic rings. The van der Waals surface area contributed by atoms with Crippen LogP contribution in [0.1, 0.15) is 17.3 Å². The van der Waals surface area contributed by atoms with Crippen molar-refractivity contribution in [1.82, 2.24) is 9.97 Å². The molecular weight excluding hydrogens is 374 g/mol. The number of nitrogens with zero attached hydrogens (tertiary/aromatic N) is 2. The molecule has 0 aliphatic heterocycles. The van der Waals surface area contributed by atoms with Crippen LogP contribution in [0.4, 0.5) is 5.69 Å². The van der Waals surface area contributed by atoms with Gasteiger partial charge in [-0.1, -0.05) is 11.8 Å². The van der Waals surface area contributed by atoms with E-state index in [1.165, 1.54) is 36.8 Å². The third kappa shape index (κ3) is 4.20. The van der Waals surface area contributed by atoms with Gasteiger partial charge < -0.3 is 5.32 Å². The predicted octanol–water partition coefficient (Wildman–Crippen LogP) is 4.35. The summed E-state index contributed by atoms with van der Waals surface area (Å²) in [5, 5.41) is 5.57. The van der Waals surface area contributed by atoms with Crippen molar-refractivity contribution < 1.29 is 9.59 Å². The number of fused-ring (bicyclic) bond motifs is 1. The topological polar surface area (TPSA) is 72.0 Å². The summed E-state index contributed by atoms with van der Waals surface area (Å²) in [4.78, 5) is 33.1. The van der Waals surface area contributed by atoms with E-state index in [1.54, 1.807) is 23.5 Å². The molecule has 0 saturated carbocycles. The number of amides is 1. The first kappa shape index (κ1) is 17.9. The highest BCUT2D eigenvalue weighted by molar-refractivity contribution is 8.00. The molecule has 0 bridgehead atoms. The molecule has 128 valence electrons. The number of thioether (sulfide) groups is 2. The van der Waals surface area contributed by atoms with E-state index in [-0.39, 0.29) is 11.7 Å². The average molecular weight is 390 g/mol. The van der Waals surface area contributed by atoms with Crippen molar-refractivity contribution in [3.05, 3.63) is 41.5 Å². The van der Waals surface area contributed by atoms with Crippen molar-refractivity contribution >= 4 is 62.5 Å². The molecule has 3 rings (SSSR count). The molecule has 0 fully saturated rings. The zero-order valence-electron chi connectivity index (χ0n) is 13.6. The standard InChI is InChI=1S/C17H15N3O2S3/c1-10(21)20-12-4-3-11(7-15(12)23-2)14(22)8-25-17-16-13(5-6-24-16)18-9-19-17/h3-7,9H,8H2,1-2H3,(H,20,21). The van der Waals surface area contributed by atoms with Crippen molar-refractivity contribution in [1.29, 1.82) is 0 Å². The Labute approximate surface area is 157 Å². The summed E-state index contributed by atoms with van der Waals surface area (Å²) < 4.78 is 1.01. The predicted molar refractivity (Wildman–Crippen MR) is 105 cm³/mol. The van der Waals surface area contributed by atoms with Crippen molar-refractivity contribution in [3.8, 4) is 0 Å². The van der Waals surface area contributed by atoms with Crippen molar-refractivity contribution in [2.24, 2.45) is 0 Å².